The van der Waals surface area contributed by atoms with E-state index in [9.17, 15) is 4.79 Å². The molecule has 3 rings (SSSR count). The lowest BCUT2D eigenvalue weighted by atomic mass is 9.94. The lowest BCUT2D eigenvalue weighted by Crippen LogP contribution is -2.48. The van der Waals surface area contributed by atoms with Gasteiger partial charge >= 0.3 is 0 Å². The summed E-state index contributed by atoms with van der Waals surface area (Å²) < 4.78 is 5.45. The topological polar surface area (TPSA) is 93.4 Å². The van der Waals surface area contributed by atoms with Crippen LogP contribution in [0.15, 0.2) is 0 Å². The van der Waals surface area contributed by atoms with Gasteiger partial charge in [-0.15, -0.1) is 10.2 Å². The van der Waals surface area contributed by atoms with Crippen LogP contribution in [-0.4, -0.2) is 59.9 Å². The molecule has 1 atom stereocenters. The zero-order valence-electron chi connectivity index (χ0n) is 14.1. The first-order chi connectivity index (χ1) is 11.7. The van der Waals surface area contributed by atoms with Crippen molar-refractivity contribution >= 4 is 22.4 Å². The Morgan fingerprint density at radius 3 is 2.92 bits per heavy atom. The molecule has 3 N–H and O–H groups in total. The maximum atomic E-state index is 12.4. The van der Waals surface area contributed by atoms with Gasteiger partial charge in [-0.3, -0.25) is 9.69 Å². The number of carbonyl (C=O) groups is 1. The number of aryl methyl sites for hydroxylation is 1. The summed E-state index contributed by atoms with van der Waals surface area (Å²) in [5.74, 6) is 0.322. The zero-order valence-corrected chi connectivity index (χ0v) is 14.9. The molecule has 2 fully saturated rings. The highest BCUT2D eigenvalue weighted by atomic mass is 32.1. The number of nitrogens with one attached hydrogen (secondary N) is 1. The van der Waals surface area contributed by atoms with Crippen molar-refractivity contribution in [1.82, 2.24) is 20.4 Å². The third kappa shape index (κ3) is 4.87. The van der Waals surface area contributed by atoms with E-state index in [1.54, 1.807) is 0 Å². The van der Waals surface area contributed by atoms with Gasteiger partial charge in [0.05, 0.1) is 5.92 Å². The van der Waals surface area contributed by atoms with Crippen molar-refractivity contribution in [2.24, 2.45) is 5.92 Å². The Balaban J connectivity index is 1.37. The summed E-state index contributed by atoms with van der Waals surface area (Å²) in [7, 11) is 0. The molecule has 0 radical (unpaired) electrons. The number of nitrogens with two attached hydrogens (primary N) is 1. The SMILES string of the molecule is Nc1nnc(CCCNC(=O)[C@H]2CCCN(C3CCOCC3)C2)s1. The molecule has 0 spiro atoms. The van der Waals surface area contributed by atoms with E-state index in [1.807, 2.05) is 0 Å². The maximum absolute atomic E-state index is 12.4. The summed E-state index contributed by atoms with van der Waals surface area (Å²) in [5.41, 5.74) is 5.57. The van der Waals surface area contributed by atoms with Crippen molar-refractivity contribution in [3.8, 4) is 0 Å². The number of anilines is 1. The van der Waals surface area contributed by atoms with Crippen LogP contribution in [0.2, 0.25) is 0 Å². The Kier molecular flexibility index (Phi) is 6.39. The fraction of sp³-hybridized carbons (Fsp3) is 0.812. The first kappa shape index (κ1) is 17.6. The Morgan fingerprint density at radius 1 is 1.33 bits per heavy atom. The molecule has 0 aromatic carbocycles. The van der Waals surface area contributed by atoms with E-state index in [4.69, 9.17) is 10.5 Å². The third-order valence-corrected chi connectivity index (χ3v) is 5.69. The first-order valence-corrected chi connectivity index (χ1v) is 9.71. The van der Waals surface area contributed by atoms with Crippen molar-refractivity contribution in [3.05, 3.63) is 5.01 Å². The van der Waals surface area contributed by atoms with Crippen molar-refractivity contribution < 1.29 is 9.53 Å². The van der Waals surface area contributed by atoms with E-state index in [0.717, 1.165) is 69.8 Å². The molecule has 1 amide bonds. The summed E-state index contributed by atoms with van der Waals surface area (Å²) in [5, 5.41) is 12.3. The lowest BCUT2D eigenvalue weighted by Gasteiger charge is -2.39. The molecule has 2 saturated heterocycles. The van der Waals surface area contributed by atoms with Gasteiger partial charge in [0.25, 0.3) is 0 Å². The second-order valence-electron chi connectivity index (χ2n) is 6.61. The molecule has 134 valence electrons. The molecule has 7 nitrogen and oxygen atoms in total. The fourth-order valence-electron chi connectivity index (χ4n) is 3.57. The normalized spacial score (nSPS) is 23.2. The van der Waals surface area contributed by atoms with E-state index in [2.05, 4.69) is 20.4 Å². The molecule has 8 heteroatoms. The van der Waals surface area contributed by atoms with E-state index in [-0.39, 0.29) is 11.8 Å². The van der Waals surface area contributed by atoms with Crippen LogP contribution in [0.3, 0.4) is 0 Å². The van der Waals surface area contributed by atoms with E-state index >= 15 is 0 Å². The summed E-state index contributed by atoms with van der Waals surface area (Å²) in [6.45, 7) is 4.41. The largest absolute Gasteiger partial charge is 0.381 e. The maximum Gasteiger partial charge on any atom is 0.224 e. The number of nitrogens with zero attached hydrogens (tertiary/aromatic N) is 3. The van der Waals surface area contributed by atoms with Crippen LogP contribution in [0.1, 0.15) is 37.1 Å². The van der Waals surface area contributed by atoms with Crippen molar-refractivity contribution in [2.75, 3.05) is 38.6 Å². The molecule has 24 heavy (non-hydrogen) atoms. The first-order valence-electron chi connectivity index (χ1n) is 8.90. The summed E-state index contributed by atoms with van der Waals surface area (Å²) >= 11 is 1.42. The average Bonchev–Trinajstić information content (AvgIpc) is 3.05. The number of ether oxygens (including phenoxy) is 1. The minimum Gasteiger partial charge on any atom is -0.381 e. The number of likely N-dealkylation sites (tertiary alicyclic amines) is 1. The number of nitrogen functional groups attached to an aromatic ring is 1. The standard InChI is InChI=1S/C16H27N5O2S/c17-16-20-19-14(24-16)4-1-7-18-15(22)12-3-2-8-21(11-12)13-5-9-23-10-6-13/h12-13H,1-11H2,(H2,17,20)(H,18,22)/t12-/m0/s1. The van der Waals surface area contributed by atoms with Crippen LogP contribution < -0.4 is 11.1 Å². The number of amides is 1. The molecule has 0 aliphatic carbocycles. The summed E-state index contributed by atoms with van der Waals surface area (Å²) in [6.07, 6.45) is 5.99. The smallest absolute Gasteiger partial charge is 0.224 e. The Labute approximate surface area is 147 Å². The monoisotopic (exact) mass is 353 g/mol. The minimum atomic E-state index is 0.124. The Morgan fingerprint density at radius 2 is 2.17 bits per heavy atom. The molecular weight excluding hydrogens is 326 g/mol. The molecule has 1 aromatic rings. The van der Waals surface area contributed by atoms with Gasteiger partial charge in [0.15, 0.2) is 0 Å². The highest BCUT2D eigenvalue weighted by Crippen LogP contribution is 2.23. The van der Waals surface area contributed by atoms with Crippen molar-refractivity contribution in [1.29, 1.82) is 0 Å². The van der Waals surface area contributed by atoms with E-state index < -0.39 is 0 Å². The van der Waals surface area contributed by atoms with Gasteiger partial charge in [0, 0.05) is 38.8 Å². The molecule has 1 aromatic heterocycles. The van der Waals surface area contributed by atoms with Gasteiger partial charge < -0.3 is 15.8 Å². The number of rotatable bonds is 6. The molecule has 0 bridgehead atoms. The lowest BCUT2D eigenvalue weighted by molar-refractivity contribution is -0.127. The highest BCUT2D eigenvalue weighted by molar-refractivity contribution is 7.15. The van der Waals surface area contributed by atoms with Gasteiger partial charge in [-0.25, -0.2) is 0 Å². The van der Waals surface area contributed by atoms with Gasteiger partial charge in [-0.1, -0.05) is 11.3 Å². The van der Waals surface area contributed by atoms with Crippen LogP contribution in [0.5, 0.6) is 0 Å². The molecule has 2 aliphatic rings. The summed E-state index contributed by atoms with van der Waals surface area (Å²) in [6, 6.07) is 0.595. The minimum absolute atomic E-state index is 0.124. The second-order valence-corrected chi connectivity index (χ2v) is 7.70. The molecular formula is C16H27N5O2S. The van der Waals surface area contributed by atoms with Crippen LogP contribution in [0.4, 0.5) is 5.13 Å². The quantitative estimate of drug-likeness (QED) is 0.743. The van der Waals surface area contributed by atoms with E-state index in [0.29, 0.717) is 17.7 Å². The summed E-state index contributed by atoms with van der Waals surface area (Å²) in [4.78, 5) is 14.9. The second kappa shape index (κ2) is 8.73. The molecule has 0 unspecified atom stereocenters. The predicted molar refractivity (Wildman–Crippen MR) is 93.8 cm³/mol. The predicted octanol–water partition coefficient (Wildman–Crippen LogP) is 1.06. The van der Waals surface area contributed by atoms with Crippen LogP contribution >= 0.6 is 11.3 Å². The van der Waals surface area contributed by atoms with Gasteiger partial charge in [0.1, 0.15) is 5.01 Å². The van der Waals surface area contributed by atoms with Crippen molar-refractivity contribution in [3.63, 3.8) is 0 Å². The number of hydrogen-bond acceptors (Lipinski definition) is 7. The van der Waals surface area contributed by atoms with Crippen LogP contribution in [-0.2, 0) is 16.0 Å². The molecule has 2 aliphatic heterocycles. The average molecular weight is 353 g/mol. The number of carbonyl (C=O) groups excluding carboxylic acids is 1. The highest BCUT2D eigenvalue weighted by Gasteiger charge is 2.30. The number of aromatic nitrogens is 2. The van der Waals surface area contributed by atoms with Gasteiger partial charge in [-0.05, 0) is 38.6 Å². The van der Waals surface area contributed by atoms with E-state index in [1.165, 1.54) is 11.3 Å². The number of hydrogen-bond donors (Lipinski definition) is 2. The fourth-order valence-corrected chi connectivity index (χ4v) is 4.22. The Bertz CT molecular complexity index is 532. The third-order valence-electron chi connectivity index (χ3n) is 4.88. The Hall–Kier alpha value is -1.25. The zero-order chi connectivity index (χ0) is 16.8. The van der Waals surface area contributed by atoms with Gasteiger partial charge in [0.2, 0.25) is 11.0 Å². The molecule has 0 saturated carbocycles. The van der Waals surface area contributed by atoms with Crippen LogP contribution in [0.25, 0.3) is 0 Å². The van der Waals surface area contributed by atoms with Crippen LogP contribution in [0, 0.1) is 5.92 Å². The molecule has 3 heterocycles. The number of piperidine rings is 1. The van der Waals surface area contributed by atoms with Gasteiger partial charge in [-0.2, -0.15) is 0 Å². The van der Waals surface area contributed by atoms with Crippen molar-refractivity contribution in [2.45, 2.75) is 44.6 Å².